The minimum Gasteiger partial charge on any atom is -0.463 e. The first-order valence-corrected chi connectivity index (χ1v) is 12.3. The van der Waals surface area contributed by atoms with Gasteiger partial charge in [-0.3, -0.25) is 4.98 Å². The molecule has 0 spiro atoms. The van der Waals surface area contributed by atoms with Crippen LogP contribution >= 0.6 is 0 Å². The van der Waals surface area contributed by atoms with E-state index in [0.29, 0.717) is 25.7 Å². The van der Waals surface area contributed by atoms with E-state index in [1.165, 1.54) is 38.2 Å². The van der Waals surface area contributed by atoms with Crippen molar-refractivity contribution in [1.82, 2.24) is 19.7 Å². The molecule has 0 amide bonds. The first-order valence-electron chi connectivity index (χ1n) is 12.3. The van der Waals surface area contributed by atoms with Crippen LogP contribution < -0.4 is 0 Å². The van der Waals surface area contributed by atoms with Gasteiger partial charge in [-0.15, -0.1) is 0 Å². The quantitative estimate of drug-likeness (QED) is 0.309. The monoisotopic (exact) mass is 462 g/mol. The molecule has 3 heterocycles. The van der Waals surface area contributed by atoms with E-state index in [0.717, 1.165) is 45.6 Å². The number of aromatic nitrogens is 4. The van der Waals surface area contributed by atoms with Crippen LogP contribution in [0, 0.1) is 12.8 Å². The summed E-state index contributed by atoms with van der Waals surface area (Å²) in [5, 5.41) is 5.49. The molecule has 34 heavy (non-hydrogen) atoms. The summed E-state index contributed by atoms with van der Waals surface area (Å²) in [6.07, 6.45) is 15.1. The summed E-state index contributed by atoms with van der Waals surface area (Å²) in [4.78, 5) is 21.6. The number of nitrogens with zero attached hydrogens (tertiary/aromatic N) is 4. The van der Waals surface area contributed by atoms with Gasteiger partial charge < -0.3 is 9.47 Å². The van der Waals surface area contributed by atoms with E-state index in [1.807, 2.05) is 30.2 Å². The van der Waals surface area contributed by atoms with Gasteiger partial charge in [0, 0.05) is 53.7 Å². The lowest BCUT2D eigenvalue weighted by Crippen LogP contribution is -2.14. The molecule has 3 aromatic heterocycles. The molecule has 7 heteroatoms. The molecule has 1 saturated carbocycles. The van der Waals surface area contributed by atoms with E-state index in [1.54, 1.807) is 13.0 Å². The molecule has 0 aromatic carbocycles. The highest BCUT2D eigenvalue weighted by Gasteiger charge is 2.20. The topological polar surface area (TPSA) is 79.1 Å². The van der Waals surface area contributed by atoms with Crippen molar-refractivity contribution < 1.29 is 14.3 Å². The Morgan fingerprint density at radius 2 is 2.00 bits per heavy atom. The Morgan fingerprint density at radius 1 is 1.18 bits per heavy atom. The van der Waals surface area contributed by atoms with Crippen molar-refractivity contribution in [2.24, 2.45) is 5.92 Å². The molecular weight excluding hydrogens is 428 g/mol. The minimum atomic E-state index is -0.380. The smallest absolute Gasteiger partial charge is 0.330 e. The standard InChI is InChI=1S/C27H34N4O3/c1-4-31-27-23(16-29-31)26(21-13-19(3)14-28-15-21)22(11-12-25(32)34-5-2)24(30-27)18-33-17-20-9-7-6-8-10-20/h11-16,20H,4-10,17-18H2,1-3H3/b12-11+. The third-order valence-corrected chi connectivity index (χ3v) is 6.35. The third kappa shape index (κ3) is 5.53. The van der Waals surface area contributed by atoms with Crippen molar-refractivity contribution in [3.63, 3.8) is 0 Å². The minimum absolute atomic E-state index is 0.329. The highest BCUT2D eigenvalue weighted by Crippen LogP contribution is 2.35. The molecule has 0 unspecified atom stereocenters. The summed E-state index contributed by atoms with van der Waals surface area (Å²) in [7, 11) is 0. The average molecular weight is 463 g/mol. The lowest BCUT2D eigenvalue weighted by atomic mass is 9.90. The van der Waals surface area contributed by atoms with Crippen molar-refractivity contribution >= 4 is 23.1 Å². The van der Waals surface area contributed by atoms with Gasteiger partial charge in [0.1, 0.15) is 0 Å². The molecule has 1 aliphatic carbocycles. The number of carbonyl (C=O) groups is 1. The van der Waals surface area contributed by atoms with Crippen molar-refractivity contribution in [3.05, 3.63) is 47.6 Å². The Balaban J connectivity index is 1.79. The van der Waals surface area contributed by atoms with E-state index in [4.69, 9.17) is 14.5 Å². The molecule has 180 valence electrons. The van der Waals surface area contributed by atoms with E-state index < -0.39 is 0 Å². The zero-order valence-corrected chi connectivity index (χ0v) is 20.4. The number of hydrogen-bond acceptors (Lipinski definition) is 6. The van der Waals surface area contributed by atoms with Crippen LogP contribution in [0.5, 0.6) is 0 Å². The highest BCUT2D eigenvalue weighted by atomic mass is 16.5. The molecule has 3 aromatic rings. The van der Waals surface area contributed by atoms with Gasteiger partial charge in [0.05, 0.1) is 25.1 Å². The van der Waals surface area contributed by atoms with E-state index in [2.05, 4.69) is 23.1 Å². The Labute approximate surface area is 201 Å². The van der Waals surface area contributed by atoms with Crippen LogP contribution in [0.2, 0.25) is 0 Å². The molecule has 0 radical (unpaired) electrons. The molecule has 0 saturated heterocycles. The summed E-state index contributed by atoms with van der Waals surface area (Å²) in [5.74, 6) is 0.229. The molecule has 1 fully saturated rings. The van der Waals surface area contributed by atoms with Crippen LogP contribution in [-0.2, 0) is 27.4 Å². The number of ether oxygens (including phenoxy) is 2. The van der Waals surface area contributed by atoms with E-state index >= 15 is 0 Å². The predicted molar refractivity (Wildman–Crippen MR) is 133 cm³/mol. The van der Waals surface area contributed by atoms with Crippen molar-refractivity contribution in [2.75, 3.05) is 13.2 Å². The Morgan fingerprint density at radius 3 is 2.74 bits per heavy atom. The summed E-state index contributed by atoms with van der Waals surface area (Å²) < 4.78 is 13.2. The molecule has 4 rings (SSSR count). The highest BCUT2D eigenvalue weighted by molar-refractivity contribution is 5.99. The van der Waals surface area contributed by atoms with Crippen LogP contribution in [0.3, 0.4) is 0 Å². The van der Waals surface area contributed by atoms with Crippen LogP contribution in [0.15, 0.2) is 30.7 Å². The SMILES string of the molecule is CCOC(=O)/C=C/c1c(COCC2CCCCC2)nc2c(cnn2CC)c1-c1cncc(C)c1. The second kappa shape index (κ2) is 11.4. The zero-order valence-electron chi connectivity index (χ0n) is 20.4. The van der Waals surface area contributed by atoms with Gasteiger partial charge in [0.15, 0.2) is 5.65 Å². The molecule has 0 N–H and O–H groups in total. The number of aryl methyl sites for hydroxylation is 2. The number of rotatable bonds is 9. The second-order valence-corrected chi connectivity index (χ2v) is 8.90. The Hall–Kier alpha value is -3.06. The van der Waals surface area contributed by atoms with Gasteiger partial charge in [0.2, 0.25) is 0 Å². The summed E-state index contributed by atoms with van der Waals surface area (Å²) in [5.41, 5.74) is 5.41. The first kappa shape index (κ1) is 24.1. The molecule has 0 atom stereocenters. The van der Waals surface area contributed by atoms with E-state index in [9.17, 15) is 4.79 Å². The van der Waals surface area contributed by atoms with Gasteiger partial charge in [-0.2, -0.15) is 5.10 Å². The van der Waals surface area contributed by atoms with E-state index in [-0.39, 0.29) is 5.97 Å². The lowest BCUT2D eigenvalue weighted by molar-refractivity contribution is -0.137. The van der Waals surface area contributed by atoms with Crippen molar-refractivity contribution in [2.45, 2.75) is 66.0 Å². The van der Waals surface area contributed by atoms with Gasteiger partial charge in [-0.1, -0.05) is 19.3 Å². The Bertz CT molecular complexity index is 1160. The van der Waals surface area contributed by atoms with Crippen LogP contribution in [0.1, 0.15) is 62.8 Å². The first-order chi connectivity index (χ1) is 16.6. The number of hydrogen-bond donors (Lipinski definition) is 0. The maximum Gasteiger partial charge on any atom is 0.330 e. The Kier molecular flexibility index (Phi) is 8.06. The van der Waals surface area contributed by atoms with Crippen molar-refractivity contribution in [1.29, 1.82) is 0 Å². The largest absolute Gasteiger partial charge is 0.463 e. The van der Waals surface area contributed by atoms with Crippen LogP contribution in [0.25, 0.3) is 28.2 Å². The third-order valence-electron chi connectivity index (χ3n) is 6.35. The summed E-state index contributed by atoms with van der Waals surface area (Å²) in [6.45, 7) is 8.01. The van der Waals surface area contributed by atoms with Gasteiger partial charge in [-0.25, -0.2) is 14.5 Å². The maximum absolute atomic E-state index is 12.2. The molecule has 7 nitrogen and oxygen atoms in total. The number of carbonyl (C=O) groups excluding carboxylic acids is 1. The fraction of sp³-hybridized carbons (Fsp3) is 0.481. The van der Waals surface area contributed by atoms with Crippen molar-refractivity contribution in [3.8, 4) is 11.1 Å². The zero-order chi connectivity index (χ0) is 23.9. The average Bonchev–Trinajstić information content (AvgIpc) is 3.25. The molecule has 0 bridgehead atoms. The number of pyridine rings is 2. The lowest BCUT2D eigenvalue weighted by Gasteiger charge is -2.21. The van der Waals surface area contributed by atoms with Crippen LogP contribution in [-0.4, -0.2) is 38.9 Å². The molecule has 1 aliphatic rings. The number of esters is 1. The summed E-state index contributed by atoms with van der Waals surface area (Å²) in [6, 6.07) is 2.10. The normalized spacial score (nSPS) is 14.8. The van der Waals surface area contributed by atoms with Gasteiger partial charge >= 0.3 is 5.97 Å². The maximum atomic E-state index is 12.2. The van der Waals surface area contributed by atoms with Gasteiger partial charge in [0.25, 0.3) is 0 Å². The second-order valence-electron chi connectivity index (χ2n) is 8.90. The number of fused-ring (bicyclic) bond motifs is 1. The van der Waals surface area contributed by atoms with Crippen LogP contribution in [0.4, 0.5) is 0 Å². The fourth-order valence-corrected chi connectivity index (χ4v) is 4.69. The predicted octanol–water partition coefficient (Wildman–Crippen LogP) is 5.49. The molecular formula is C27H34N4O3. The van der Waals surface area contributed by atoms with Gasteiger partial charge in [-0.05, 0) is 57.2 Å². The molecule has 0 aliphatic heterocycles. The summed E-state index contributed by atoms with van der Waals surface area (Å²) >= 11 is 0. The fourth-order valence-electron chi connectivity index (χ4n) is 4.69.